The Morgan fingerprint density at radius 1 is 1.42 bits per heavy atom. The maximum Gasteiger partial charge on any atom is 0.417 e. The van der Waals surface area contributed by atoms with E-state index >= 15 is 0 Å². The molecule has 0 saturated carbocycles. The fourth-order valence-corrected chi connectivity index (χ4v) is 1.60. The van der Waals surface area contributed by atoms with E-state index in [2.05, 4.69) is 9.72 Å². The fourth-order valence-electron chi connectivity index (χ4n) is 1.60. The number of rotatable bonds is 2. The minimum absolute atomic E-state index is 0.131. The van der Waals surface area contributed by atoms with Crippen molar-refractivity contribution in [1.82, 2.24) is 4.98 Å². The van der Waals surface area contributed by atoms with Gasteiger partial charge in [-0.3, -0.25) is 9.78 Å². The van der Waals surface area contributed by atoms with Crippen LogP contribution in [0.15, 0.2) is 27.4 Å². The van der Waals surface area contributed by atoms with Crippen molar-refractivity contribution in [2.75, 3.05) is 18.6 Å². The molecule has 1 amide bonds. The monoisotopic (exact) mass is 264 g/mol. The van der Waals surface area contributed by atoms with Crippen LogP contribution in [0.2, 0.25) is 0 Å². The van der Waals surface area contributed by atoms with E-state index in [0.29, 0.717) is 16.8 Å². The average Bonchev–Trinajstić information content (AvgIpc) is 2.76. The van der Waals surface area contributed by atoms with Gasteiger partial charge in [-0.2, -0.15) is 0 Å². The smallest absolute Gasteiger partial charge is 0.417 e. The van der Waals surface area contributed by atoms with Gasteiger partial charge >= 0.3 is 17.6 Å². The van der Waals surface area contributed by atoms with Crippen molar-refractivity contribution in [3.05, 3.63) is 28.7 Å². The highest BCUT2D eigenvalue weighted by Crippen LogP contribution is 2.19. The Balaban J connectivity index is 2.30. The molecule has 0 radical (unpaired) electrons. The molecule has 0 aliphatic rings. The van der Waals surface area contributed by atoms with Crippen LogP contribution in [0.3, 0.4) is 0 Å². The number of nitrogens with zero attached hydrogens (tertiary/aromatic N) is 1. The second-order valence-corrected chi connectivity index (χ2v) is 3.78. The van der Waals surface area contributed by atoms with Gasteiger partial charge in [0.05, 0.1) is 12.1 Å². The van der Waals surface area contributed by atoms with Crippen LogP contribution < -0.4 is 10.7 Å². The summed E-state index contributed by atoms with van der Waals surface area (Å²) in [4.78, 5) is 37.7. The van der Waals surface area contributed by atoms with Crippen LogP contribution in [-0.4, -0.2) is 30.5 Å². The summed E-state index contributed by atoms with van der Waals surface area (Å²) in [5.41, 5.74) is 1.28. The molecule has 0 fully saturated rings. The van der Waals surface area contributed by atoms with Crippen molar-refractivity contribution in [3.8, 4) is 0 Å². The molecular formula is C12H12N2O5. The van der Waals surface area contributed by atoms with Crippen molar-refractivity contribution in [3.63, 3.8) is 0 Å². The zero-order valence-corrected chi connectivity index (χ0v) is 10.4. The summed E-state index contributed by atoms with van der Waals surface area (Å²) in [7, 11) is 1.44. The van der Waals surface area contributed by atoms with Gasteiger partial charge in [0, 0.05) is 12.7 Å². The molecule has 0 bridgehead atoms. The van der Waals surface area contributed by atoms with Gasteiger partial charge in [0.2, 0.25) is 0 Å². The minimum atomic E-state index is -0.925. The fraction of sp³-hybridized carbons (Fsp3) is 0.250. The molecule has 0 aliphatic carbocycles. The number of fused-ring (bicyclic) bond motifs is 1. The maximum absolute atomic E-state index is 11.7. The summed E-state index contributed by atoms with van der Waals surface area (Å²) in [5.74, 6) is -2.29. The number of anilines is 1. The highest BCUT2D eigenvalue weighted by Gasteiger charge is 2.21. The summed E-state index contributed by atoms with van der Waals surface area (Å²) in [6.45, 7) is 1.75. The molecule has 0 spiro atoms. The van der Waals surface area contributed by atoms with Crippen molar-refractivity contribution in [2.24, 2.45) is 0 Å². The van der Waals surface area contributed by atoms with Crippen LogP contribution >= 0.6 is 0 Å². The van der Waals surface area contributed by atoms with E-state index in [1.807, 2.05) is 0 Å². The first-order valence-corrected chi connectivity index (χ1v) is 5.60. The van der Waals surface area contributed by atoms with E-state index in [1.165, 1.54) is 19.2 Å². The Morgan fingerprint density at radius 2 is 2.16 bits per heavy atom. The lowest BCUT2D eigenvalue weighted by Crippen LogP contribution is -2.34. The molecule has 2 rings (SSSR count). The summed E-state index contributed by atoms with van der Waals surface area (Å²) in [5, 5.41) is 0. The number of nitrogens with one attached hydrogen (secondary N) is 1. The van der Waals surface area contributed by atoms with Gasteiger partial charge in [-0.25, -0.2) is 9.59 Å². The van der Waals surface area contributed by atoms with Gasteiger partial charge in [0.15, 0.2) is 5.58 Å². The summed E-state index contributed by atoms with van der Waals surface area (Å²) >= 11 is 0. The minimum Gasteiger partial charge on any atom is -0.459 e. The Kier molecular flexibility index (Phi) is 3.37. The van der Waals surface area contributed by atoms with Crippen LogP contribution in [0.1, 0.15) is 6.92 Å². The summed E-state index contributed by atoms with van der Waals surface area (Å²) in [6, 6.07) is 4.64. The van der Waals surface area contributed by atoms with Gasteiger partial charge in [0.25, 0.3) is 0 Å². The normalized spacial score (nSPS) is 10.4. The first-order chi connectivity index (χ1) is 9.02. The van der Waals surface area contributed by atoms with E-state index < -0.39 is 17.6 Å². The first-order valence-electron chi connectivity index (χ1n) is 5.60. The number of esters is 1. The SMILES string of the molecule is CCOC(=O)C(=O)N(C)c1ccc2oc(=O)[nH]c2c1. The van der Waals surface area contributed by atoms with Crippen LogP contribution in [0, 0.1) is 0 Å². The molecule has 1 aromatic heterocycles. The number of aromatic nitrogens is 1. The summed E-state index contributed by atoms with van der Waals surface area (Å²) in [6.07, 6.45) is 0. The largest absolute Gasteiger partial charge is 0.459 e. The Labute approximate surface area is 107 Å². The molecule has 0 unspecified atom stereocenters. The van der Waals surface area contributed by atoms with E-state index in [4.69, 9.17) is 4.42 Å². The van der Waals surface area contributed by atoms with E-state index in [-0.39, 0.29) is 6.61 Å². The van der Waals surface area contributed by atoms with Crippen molar-refractivity contribution in [1.29, 1.82) is 0 Å². The second-order valence-electron chi connectivity index (χ2n) is 3.78. The maximum atomic E-state index is 11.7. The number of carbonyl (C=O) groups is 2. The number of amides is 1. The number of hydrogen-bond donors (Lipinski definition) is 1. The molecule has 0 atom stereocenters. The Hall–Kier alpha value is -2.57. The molecule has 1 N–H and O–H groups in total. The second kappa shape index (κ2) is 4.97. The molecule has 0 aliphatic heterocycles. The number of ether oxygens (including phenoxy) is 1. The van der Waals surface area contributed by atoms with Crippen molar-refractivity contribution in [2.45, 2.75) is 6.92 Å². The number of H-pyrrole nitrogens is 1. The summed E-state index contributed by atoms with van der Waals surface area (Å²) < 4.78 is 9.47. The Bertz CT molecular complexity index is 685. The van der Waals surface area contributed by atoms with E-state index in [9.17, 15) is 14.4 Å². The van der Waals surface area contributed by atoms with Crippen LogP contribution in [0.5, 0.6) is 0 Å². The Morgan fingerprint density at radius 3 is 2.84 bits per heavy atom. The molecule has 1 aromatic carbocycles. The van der Waals surface area contributed by atoms with Crippen LogP contribution in [0.4, 0.5) is 5.69 Å². The number of likely N-dealkylation sites (N-methyl/N-ethyl adjacent to an activating group) is 1. The lowest BCUT2D eigenvalue weighted by atomic mass is 10.2. The molecule has 1 heterocycles. The molecule has 19 heavy (non-hydrogen) atoms. The zero-order chi connectivity index (χ0) is 14.0. The topological polar surface area (TPSA) is 92.6 Å². The van der Waals surface area contributed by atoms with E-state index in [1.54, 1.807) is 13.0 Å². The third-order valence-corrected chi connectivity index (χ3v) is 2.54. The number of oxazole rings is 1. The standard InChI is InChI=1S/C12H12N2O5/c1-3-18-11(16)10(15)14(2)7-4-5-9-8(6-7)13-12(17)19-9/h4-6H,3H2,1-2H3,(H,13,17). The van der Waals surface area contributed by atoms with Gasteiger partial charge < -0.3 is 14.1 Å². The third-order valence-electron chi connectivity index (χ3n) is 2.54. The number of carbonyl (C=O) groups excluding carboxylic acids is 2. The first kappa shape index (κ1) is 12.9. The van der Waals surface area contributed by atoms with Gasteiger partial charge in [-0.05, 0) is 25.1 Å². The van der Waals surface area contributed by atoms with Crippen molar-refractivity contribution < 1.29 is 18.7 Å². The highest BCUT2D eigenvalue weighted by atomic mass is 16.5. The molecule has 7 heteroatoms. The van der Waals surface area contributed by atoms with E-state index in [0.717, 1.165) is 4.90 Å². The van der Waals surface area contributed by atoms with Gasteiger partial charge in [0.1, 0.15) is 0 Å². The third kappa shape index (κ3) is 2.49. The van der Waals surface area contributed by atoms with Crippen LogP contribution in [-0.2, 0) is 14.3 Å². The van der Waals surface area contributed by atoms with Gasteiger partial charge in [-0.15, -0.1) is 0 Å². The average molecular weight is 264 g/mol. The lowest BCUT2D eigenvalue weighted by Gasteiger charge is -2.15. The lowest BCUT2D eigenvalue weighted by molar-refractivity contribution is -0.153. The number of hydrogen-bond acceptors (Lipinski definition) is 5. The molecule has 7 nitrogen and oxygen atoms in total. The molecule has 2 aromatic rings. The van der Waals surface area contributed by atoms with Crippen LogP contribution in [0.25, 0.3) is 11.1 Å². The predicted octanol–water partition coefficient (Wildman–Crippen LogP) is 0.647. The van der Waals surface area contributed by atoms with Crippen molar-refractivity contribution >= 4 is 28.7 Å². The zero-order valence-electron chi connectivity index (χ0n) is 10.4. The number of aromatic amines is 1. The molecular weight excluding hydrogens is 252 g/mol. The molecule has 0 saturated heterocycles. The highest BCUT2D eigenvalue weighted by molar-refractivity contribution is 6.38. The number of benzene rings is 1. The molecule has 100 valence electrons. The van der Waals surface area contributed by atoms with Gasteiger partial charge in [-0.1, -0.05) is 0 Å². The quantitative estimate of drug-likeness (QED) is 0.635. The predicted molar refractivity (Wildman–Crippen MR) is 66.9 cm³/mol.